The van der Waals surface area contributed by atoms with Crippen LogP contribution in [0, 0.1) is 5.41 Å². The highest BCUT2D eigenvalue weighted by molar-refractivity contribution is 5.79. The van der Waals surface area contributed by atoms with E-state index in [9.17, 15) is 0 Å². The van der Waals surface area contributed by atoms with Gasteiger partial charge in [0.05, 0.1) is 12.1 Å². The van der Waals surface area contributed by atoms with Crippen molar-refractivity contribution in [2.75, 3.05) is 26.7 Å². The van der Waals surface area contributed by atoms with Crippen molar-refractivity contribution in [1.29, 1.82) is 0 Å². The van der Waals surface area contributed by atoms with Crippen LogP contribution in [0.1, 0.15) is 39.2 Å². The Labute approximate surface area is 140 Å². The fraction of sp³-hybridized carbons (Fsp3) is 0.632. The molecule has 0 unspecified atom stereocenters. The zero-order chi connectivity index (χ0) is 16.8. The molecule has 1 aliphatic carbocycles. The van der Waals surface area contributed by atoms with Gasteiger partial charge in [-0.2, -0.15) is 0 Å². The number of nitrogens with zero attached hydrogens (tertiary/aromatic N) is 1. The summed E-state index contributed by atoms with van der Waals surface area (Å²) in [5, 5.41) is 6.85. The highest BCUT2D eigenvalue weighted by Gasteiger charge is 2.42. The predicted octanol–water partition coefficient (Wildman–Crippen LogP) is 2.99. The summed E-state index contributed by atoms with van der Waals surface area (Å²) in [4.78, 5) is 4.66. The number of ether oxygens (including phenoxy) is 1. The molecule has 0 spiro atoms. The smallest absolute Gasteiger partial charge is 0.191 e. The van der Waals surface area contributed by atoms with E-state index in [1.807, 2.05) is 0 Å². The van der Waals surface area contributed by atoms with Crippen LogP contribution < -0.4 is 10.6 Å². The summed E-state index contributed by atoms with van der Waals surface area (Å²) in [7, 11) is 1.73. The molecule has 0 heterocycles. The van der Waals surface area contributed by atoms with Crippen molar-refractivity contribution in [2.24, 2.45) is 10.4 Å². The highest BCUT2D eigenvalue weighted by atomic mass is 16.5. The Bertz CT molecular complexity index is 507. The Balaban J connectivity index is 1.89. The third kappa shape index (κ3) is 5.87. The fourth-order valence-electron chi connectivity index (χ4n) is 2.57. The molecule has 2 rings (SSSR count). The van der Waals surface area contributed by atoms with Gasteiger partial charge in [-0.25, -0.2) is 0 Å². The van der Waals surface area contributed by atoms with Crippen LogP contribution in [-0.2, 0) is 11.2 Å². The summed E-state index contributed by atoms with van der Waals surface area (Å²) in [5.41, 5.74) is 1.59. The third-order valence-corrected chi connectivity index (χ3v) is 4.52. The van der Waals surface area contributed by atoms with Crippen LogP contribution in [-0.4, -0.2) is 38.3 Å². The van der Waals surface area contributed by atoms with Gasteiger partial charge in [0, 0.05) is 20.2 Å². The van der Waals surface area contributed by atoms with Crippen LogP contribution in [0.5, 0.6) is 0 Å². The van der Waals surface area contributed by atoms with Gasteiger partial charge < -0.3 is 15.4 Å². The van der Waals surface area contributed by atoms with Gasteiger partial charge in [-0.1, -0.05) is 30.3 Å². The van der Waals surface area contributed by atoms with Gasteiger partial charge in [-0.15, -0.1) is 0 Å². The first-order valence-corrected chi connectivity index (χ1v) is 8.60. The highest BCUT2D eigenvalue weighted by Crippen LogP contribution is 2.47. The van der Waals surface area contributed by atoms with Crippen LogP contribution in [0.25, 0.3) is 0 Å². The second kappa shape index (κ2) is 7.82. The van der Waals surface area contributed by atoms with Gasteiger partial charge in [0.25, 0.3) is 0 Å². The minimum atomic E-state index is -0.232. The molecule has 0 radical (unpaired) electrons. The van der Waals surface area contributed by atoms with Crippen LogP contribution in [0.4, 0.5) is 0 Å². The minimum Gasteiger partial charge on any atom is -0.377 e. The van der Waals surface area contributed by atoms with Crippen molar-refractivity contribution in [3.63, 3.8) is 0 Å². The maximum atomic E-state index is 5.44. The molecule has 0 bridgehead atoms. The van der Waals surface area contributed by atoms with E-state index in [0.717, 1.165) is 25.5 Å². The molecule has 2 N–H and O–H groups in total. The molecule has 0 atom stereocenters. The van der Waals surface area contributed by atoms with Crippen LogP contribution >= 0.6 is 0 Å². The van der Waals surface area contributed by atoms with Crippen molar-refractivity contribution in [3.05, 3.63) is 35.9 Å². The van der Waals surface area contributed by atoms with Crippen molar-refractivity contribution in [2.45, 2.75) is 45.6 Å². The average Bonchev–Trinajstić information content (AvgIpc) is 3.31. The SMILES string of the molecule is CCNC(=NCC(C)(C)OC)NCC1(Cc2ccccc2)CC1. The molecule has 128 valence electrons. The van der Waals surface area contributed by atoms with Gasteiger partial charge in [0.2, 0.25) is 0 Å². The maximum Gasteiger partial charge on any atom is 0.191 e. The van der Waals surface area contributed by atoms with E-state index in [2.05, 4.69) is 66.7 Å². The number of hydrogen-bond donors (Lipinski definition) is 2. The summed E-state index contributed by atoms with van der Waals surface area (Å²) in [6.45, 7) is 8.68. The average molecular weight is 317 g/mol. The van der Waals surface area contributed by atoms with E-state index >= 15 is 0 Å². The van der Waals surface area contributed by atoms with E-state index < -0.39 is 0 Å². The second-order valence-corrected chi connectivity index (χ2v) is 7.17. The van der Waals surface area contributed by atoms with Crippen LogP contribution in [0.15, 0.2) is 35.3 Å². The molecule has 0 amide bonds. The van der Waals surface area contributed by atoms with Gasteiger partial charge >= 0.3 is 0 Å². The Kier molecular flexibility index (Phi) is 6.05. The van der Waals surface area contributed by atoms with Crippen molar-refractivity contribution >= 4 is 5.96 Å². The van der Waals surface area contributed by atoms with Gasteiger partial charge in [0.15, 0.2) is 5.96 Å². The Hall–Kier alpha value is -1.55. The van der Waals surface area contributed by atoms with Crippen molar-refractivity contribution < 1.29 is 4.74 Å². The molecule has 1 aromatic rings. The number of guanidine groups is 1. The largest absolute Gasteiger partial charge is 0.377 e. The Morgan fingerprint density at radius 3 is 2.48 bits per heavy atom. The topological polar surface area (TPSA) is 45.7 Å². The minimum absolute atomic E-state index is 0.232. The first kappa shape index (κ1) is 17.8. The lowest BCUT2D eigenvalue weighted by molar-refractivity contribution is 0.0310. The zero-order valence-corrected chi connectivity index (χ0v) is 15.0. The first-order chi connectivity index (χ1) is 11.0. The molecule has 1 aliphatic rings. The molecular weight excluding hydrogens is 286 g/mol. The molecule has 0 aromatic heterocycles. The molecule has 0 saturated heterocycles. The van der Waals surface area contributed by atoms with Gasteiger partial charge in [-0.05, 0) is 51.0 Å². The predicted molar refractivity (Wildman–Crippen MR) is 96.9 cm³/mol. The third-order valence-electron chi connectivity index (χ3n) is 4.52. The molecular formula is C19H31N3O. The Morgan fingerprint density at radius 1 is 1.22 bits per heavy atom. The molecule has 1 aromatic carbocycles. The number of hydrogen-bond acceptors (Lipinski definition) is 2. The van der Waals surface area contributed by atoms with E-state index in [4.69, 9.17) is 4.74 Å². The second-order valence-electron chi connectivity index (χ2n) is 7.17. The summed E-state index contributed by atoms with van der Waals surface area (Å²) >= 11 is 0. The maximum absolute atomic E-state index is 5.44. The van der Waals surface area contributed by atoms with E-state index in [0.29, 0.717) is 12.0 Å². The molecule has 23 heavy (non-hydrogen) atoms. The molecule has 1 saturated carbocycles. The normalized spacial score (nSPS) is 17.0. The van der Waals surface area contributed by atoms with Crippen LogP contribution in [0.3, 0.4) is 0 Å². The molecule has 0 aliphatic heterocycles. The summed E-state index contributed by atoms with van der Waals surface area (Å²) in [5.74, 6) is 0.886. The standard InChI is InChI=1S/C19H31N3O/c1-5-20-17(21-14-18(2,3)23-4)22-15-19(11-12-19)13-16-9-7-6-8-10-16/h6-10H,5,11-15H2,1-4H3,(H2,20,21,22). The summed E-state index contributed by atoms with van der Waals surface area (Å²) in [6.07, 6.45) is 3.72. The first-order valence-electron chi connectivity index (χ1n) is 8.60. The summed E-state index contributed by atoms with van der Waals surface area (Å²) in [6, 6.07) is 10.8. The van der Waals surface area contributed by atoms with E-state index in [-0.39, 0.29) is 5.60 Å². The monoisotopic (exact) mass is 317 g/mol. The number of rotatable bonds is 8. The molecule has 4 nitrogen and oxygen atoms in total. The van der Waals surface area contributed by atoms with E-state index in [1.165, 1.54) is 18.4 Å². The number of nitrogens with one attached hydrogen (secondary N) is 2. The lowest BCUT2D eigenvalue weighted by atomic mass is 9.96. The molecule has 4 heteroatoms. The molecule has 1 fully saturated rings. The van der Waals surface area contributed by atoms with Gasteiger partial charge in [-0.3, -0.25) is 4.99 Å². The lowest BCUT2D eigenvalue weighted by Gasteiger charge is -2.22. The quantitative estimate of drug-likeness (QED) is 0.572. The van der Waals surface area contributed by atoms with Crippen molar-refractivity contribution in [3.8, 4) is 0 Å². The lowest BCUT2D eigenvalue weighted by Crippen LogP contribution is -2.42. The number of methoxy groups -OCH3 is 1. The Morgan fingerprint density at radius 2 is 1.91 bits per heavy atom. The summed E-state index contributed by atoms with van der Waals surface area (Å²) < 4.78 is 5.44. The van der Waals surface area contributed by atoms with E-state index in [1.54, 1.807) is 7.11 Å². The van der Waals surface area contributed by atoms with Crippen LogP contribution in [0.2, 0.25) is 0 Å². The number of aliphatic imine (C=N–C) groups is 1. The number of benzene rings is 1. The zero-order valence-electron chi connectivity index (χ0n) is 15.0. The van der Waals surface area contributed by atoms with Crippen molar-refractivity contribution in [1.82, 2.24) is 10.6 Å². The van der Waals surface area contributed by atoms with Gasteiger partial charge in [0.1, 0.15) is 0 Å². The fourth-order valence-corrected chi connectivity index (χ4v) is 2.57.